The van der Waals surface area contributed by atoms with Crippen LogP contribution in [0.4, 0.5) is 0 Å². The van der Waals surface area contributed by atoms with Gasteiger partial charge in [-0.25, -0.2) is 4.98 Å². The number of rotatable bonds is 6. The number of nitrogens with zero attached hydrogens (tertiary/aromatic N) is 2. The van der Waals surface area contributed by atoms with Gasteiger partial charge in [0, 0.05) is 23.9 Å². The smallest absolute Gasteiger partial charge is 0.296 e. The van der Waals surface area contributed by atoms with Crippen molar-refractivity contribution in [3.8, 4) is 5.75 Å². The van der Waals surface area contributed by atoms with Gasteiger partial charge in [0.05, 0.1) is 7.11 Å². The van der Waals surface area contributed by atoms with Crippen LogP contribution < -0.4 is 16.0 Å². The number of aromatic nitrogens is 2. The van der Waals surface area contributed by atoms with Crippen molar-refractivity contribution in [3.05, 3.63) is 92.6 Å². The van der Waals surface area contributed by atoms with E-state index in [1.165, 1.54) is 11.7 Å². The van der Waals surface area contributed by atoms with Crippen LogP contribution in [0, 0.1) is 0 Å². The molecule has 1 amide bonds. The van der Waals surface area contributed by atoms with Crippen LogP contribution in [0.2, 0.25) is 5.02 Å². The molecular formula is C22H22ClN3O3. The first-order valence-electron chi connectivity index (χ1n) is 9.10. The van der Waals surface area contributed by atoms with Crippen molar-refractivity contribution in [2.75, 3.05) is 7.11 Å². The molecule has 0 radical (unpaired) electrons. The Bertz CT molecular complexity index is 1100. The standard InChI is InChI=1S/C22H22ClN3O3/c1-13(21-25-18(20(24)27)19(29-3)22(28)26(21)2)17(14-9-5-4-6-10-14)15-11-7-8-12-16(15)23/h4-13,17H,1-3H3,(H2,24,27)/t13-,17-/m1/s1. The van der Waals surface area contributed by atoms with E-state index in [0.717, 1.165) is 11.1 Å². The van der Waals surface area contributed by atoms with Crippen LogP contribution in [0.1, 0.15) is 46.2 Å². The molecule has 0 saturated carbocycles. The normalized spacial score (nSPS) is 13.0. The van der Waals surface area contributed by atoms with Gasteiger partial charge < -0.3 is 10.5 Å². The fourth-order valence-corrected chi connectivity index (χ4v) is 3.88. The highest BCUT2D eigenvalue weighted by atomic mass is 35.5. The zero-order valence-corrected chi connectivity index (χ0v) is 17.2. The molecule has 2 aromatic carbocycles. The number of nitrogens with two attached hydrogens (primary N) is 1. The second kappa shape index (κ2) is 8.49. The molecule has 0 aliphatic carbocycles. The summed E-state index contributed by atoms with van der Waals surface area (Å²) in [4.78, 5) is 29.1. The second-order valence-electron chi connectivity index (χ2n) is 6.78. The molecule has 0 saturated heterocycles. The summed E-state index contributed by atoms with van der Waals surface area (Å²) >= 11 is 6.52. The van der Waals surface area contributed by atoms with E-state index in [0.29, 0.717) is 10.8 Å². The minimum Gasteiger partial charge on any atom is -0.489 e. The summed E-state index contributed by atoms with van der Waals surface area (Å²) in [7, 11) is 2.91. The maximum Gasteiger partial charge on any atom is 0.296 e. The highest BCUT2D eigenvalue weighted by molar-refractivity contribution is 6.31. The molecule has 0 fully saturated rings. The molecule has 7 heteroatoms. The lowest BCUT2D eigenvalue weighted by atomic mass is 9.81. The van der Waals surface area contributed by atoms with Crippen molar-refractivity contribution >= 4 is 17.5 Å². The summed E-state index contributed by atoms with van der Waals surface area (Å²) in [6.07, 6.45) is 0. The molecule has 6 nitrogen and oxygen atoms in total. The highest BCUT2D eigenvalue weighted by Crippen LogP contribution is 2.40. The molecule has 1 heterocycles. The van der Waals surface area contributed by atoms with Gasteiger partial charge in [-0.2, -0.15) is 0 Å². The molecule has 0 aliphatic rings. The third-order valence-electron chi connectivity index (χ3n) is 5.03. The zero-order valence-electron chi connectivity index (χ0n) is 16.4. The Balaban J connectivity index is 2.25. The number of benzene rings is 2. The Hall–Kier alpha value is -3.12. The summed E-state index contributed by atoms with van der Waals surface area (Å²) in [5.74, 6) is -1.05. The van der Waals surface area contributed by atoms with Gasteiger partial charge in [0.25, 0.3) is 11.5 Å². The number of amides is 1. The summed E-state index contributed by atoms with van der Waals surface area (Å²) in [6.45, 7) is 1.94. The first-order valence-corrected chi connectivity index (χ1v) is 9.48. The number of carbonyl (C=O) groups is 1. The van der Waals surface area contributed by atoms with Gasteiger partial charge >= 0.3 is 0 Å². The molecule has 0 unspecified atom stereocenters. The van der Waals surface area contributed by atoms with Crippen LogP contribution in [-0.2, 0) is 7.05 Å². The number of hydrogen-bond acceptors (Lipinski definition) is 4. The lowest BCUT2D eigenvalue weighted by Crippen LogP contribution is -2.31. The lowest BCUT2D eigenvalue weighted by molar-refractivity contribution is 0.0991. The Morgan fingerprint density at radius 1 is 1.14 bits per heavy atom. The molecule has 3 aromatic rings. The van der Waals surface area contributed by atoms with E-state index in [1.54, 1.807) is 7.05 Å². The summed E-state index contributed by atoms with van der Waals surface area (Å²) in [5, 5.41) is 0.613. The first-order chi connectivity index (χ1) is 13.9. The van der Waals surface area contributed by atoms with E-state index in [4.69, 9.17) is 22.1 Å². The van der Waals surface area contributed by atoms with Crippen molar-refractivity contribution in [1.82, 2.24) is 9.55 Å². The largest absolute Gasteiger partial charge is 0.489 e. The molecule has 3 rings (SSSR count). The Kier molecular flexibility index (Phi) is 6.03. The maximum absolute atomic E-state index is 12.8. The van der Waals surface area contributed by atoms with Crippen LogP contribution in [0.3, 0.4) is 0 Å². The van der Waals surface area contributed by atoms with E-state index in [9.17, 15) is 9.59 Å². The van der Waals surface area contributed by atoms with Gasteiger partial charge in [-0.05, 0) is 17.2 Å². The average molecular weight is 412 g/mol. The van der Waals surface area contributed by atoms with Crippen LogP contribution in [0.15, 0.2) is 59.4 Å². The van der Waals surface area contributed by atoms with E-state index in [1.807, 2.05) is 61.5 Å². The van der Waals surface area contributed by atoms with Gasteiger partial charge in [0.1, 0.15) is 5.82 Å². The monoisotopic (exact) mass is 411 g/mol. The van der Waals surface area contributed by atoms with Gasteiger partial charge in [-0.15, -0.1) is 0 Å². The lowest BCUT2D eigenvalue weighted by Gasteiger charge is -2.27. The topological polar surface area (TPSA) is 87.2 Å². The Morgan fingerprint density at radius 3 is 2.34 bits per heavy atom. The van der Waals surface area contributed by atoms with Gasteiger partial charge in [-0.3, -0.25) is 14.2 Å². The highest BCUT2D eigenvalue weighted by Gasteiger charge is 2.30. The predicted molar refractivity (Wildman–Crippen MR) is 113 cm³/mol. The zero-order chi connectivity index (χ0) is 21.1. The third kappa shape index (κ3) is 3.89. The van der Waals surface area contributed by atoms with Crippen LogP contribution >= 0.6 is 11.6 Å². The van der Waals surface area contributed by atoms with Crippen LogP contribution in [-0.4, -0.2) is 22.6 Å². The number of halogens is 1. The quantitative estimate of drug-likeness (QED) is 0.672. The van der Waals surface area contributed by atoms with Crippen molar-refractivity contribution < 1.29 is 9.53 Å². The molecular weight excluding hydrogens is 390 g/mol. The van der Waals surface area contributed by atoms with E-state index < -0.39 is 11.5 Å². The number of hydrogen-bond donors (Lipinski definition) is 1. The summed E-state index contributed by atoms with van der Waals surface area (Å²) in [6, 6.07) is 17.4. The van der Waals surface area contributed by atoms with Gasteiger partial charge in [-0.1, -0.05) is 67.1 Å². The predicted octanol–water partition coefficient (Wildman–Crippen LogP) is 3.48. The van der Waals surface area contributed by atoms with Crippen LogP contribution in [0.5, 0.6) is 5.75 Å². The van der Waals surface area contributed by atoms with Crippen LogP contribution in [0.25, 0.3) is 0 Å². The molecule has 150 valence electrons. The van der Waals surface area contributed by atoms with Crippen molar-refractivity contribution in [3.63, 3.8) is 0 Å². The molecule has 2 atom stereocenters. The Morgan fingerprint density at radius 2 is 1.76 bits per heavy atom. The van der Waals surface area contributed by atoms with Gasteiger partial charge in [0.15, 0.2) is 5.69 Å². The maximum atomic E-state index is 12.8. The number of primary amides is 1. The molecule has 0 spiro atoms. The molecule has 0 aliphatic heterocycles. The molecule has 2 N–H and O–H groups in total. The SMILES string of the molecule is COc1c(C(N)=O)nc([C@H](C)[C@H](c2ccccc2)c2ccccc2Cl)n(C)c1=O. The summed E-state index contributed by atoms with van der Waals surface area (Å²) < 4.78 is 6.48. The third-order valence-corrected chi connectivity index (χ3v) is 5.37. The molecule has 1 aromatic heterocycles. The number of ether oxygens (including phenoxy) is 1. The average Bonchev–Trinajstić information content (AvgIpc) is 2.72. The van der Waals surface area contributed by atoms with E-state index in [-0.39, 0.29) is 23.3 Å². The Labute approximate surface area is 173 Å². The fraction of sp³-hybridized carbons (Fsp3) is 0.227. The minimum absolute atomic E-state index is 0.162. The molecule has 0 bridgehead atoms. The van der Waals surface area contributed by atoms with Crippen molar-refractivity contribution in [2.24, 2.45) is 12.8 Å². The fourth-order valence-electron chi connectivity index (χ4n) is 3.63. The second-order valence-corrected chi connectivity index (χ2v) is 7.19. The molecule has 29 heavy (non-hydrogen) atoms. The van der Waals surface area contributed by atoms with Crippen molar-refractivity contribution in [1.29, 1.82) is 0 Å². The summed E-state index contributed by atoms with van der Waals surface area (Å²) in [5.41, 5.74) is 6.72. The first kappa shape index (κ1) is 20.6. The van der Waals surface area contributed by atoms with E-state index in [2.05, 4.69) is 4.98 Å². The van der Waals surface area contributed by atoms with Gasteiger partial charge in [0.2, 0.25) is 5.75 Å². The van der Waals surface area contributed by atoms with E-state index >= 15 is 0 Å². The van der Waals surface area contributed by atoms with Crippen molar-refractivity contribution in [2.45, 2.75) is 18.8 Å². The minimum atomic E-state index is -0.818. The number of carbonyl (C=O) groups excluding carboxylic acids is 1. The number of methoxy groups -OCH3 is 1.